The van der Waals surface area contributed by atoms with Gasteiger partial charge in [-0.3, -0.25) is 0 Å². The number of halogens is 2. The Morgan fingerprint density at radius 2 is 2.00 bits per heavy atom. The van der Waals surface area contributed by atoms with Gasteiger partial charge in [-0.15, -0.1) is 11.8 Å². The second kappa shape index (κ2) is 5.36. The summed E-state index contributed by atoms with van der Waals surface area (Å²) in [5.41, 5.74) is 0. The van der Waals surface area contributed by atoms with E-state index in [0.29, 0.717) is 17.2 Å². The molecule has 0 heterocycles. The molecule has 1 aromatic rings. The number of thioether (sulfide) groups is 1. The van der Waals surface area contributed by atoms with E-state index in [2.05, 4.69) is 12.2 Å². The van der Waals surface area contributed by atoms with Gasteiger partial charge in [0.05, 0.1) is 0 Å². The molecular formula is C13H17F2NS. The highest BCUT2D eigenvalue weighted by molar-refractivity contribution is 8.00. The van der Waals surface area contributed by atoms with E-state index < -0.39 is 11.6 Å². The topological polar surface area (TPSA) is 12.0 Å². The Morgan fingerprint density at radius 1 is 1.24 bits per heavy atom. The van der Waals surface area contributed by atoms with E-state index in [1.807, 2.05) is 7.05 Å². The van der Waals surface area contributed by atoms with E-state index in [-0.39, 0.29) is 0 Å². The Kier molecular flexibility index (Phi) is 4.05. The highest BCUT2D eigenvalue weighted by Gasteiger charge is 2.32. The van der Waals surface area contributed by atoms with Crippen molar-refractivity contribution in [2.45, 2.75) is 36.0 Å². The first kappa shape index (κ1) is 12.8. The van der Waals surface area contributed by atoms with Gasteiger partial charge in [0.15, 0.2) is 11.6 Å². The molecule has 0 amide bonds. The predicted molar refractivity (Wildman–Crippen MR) is 67.2 cm³/mol. The molecule has 1 aliphatic carbocycles. The molecule has 0 bridgehead atoms. The molecule has 1 aromatic carbocycles. The fourth-order valence-corrected chi connectivity index (χ4v) is 3.75. The van der Waals surface area contributed by atoms with Crippen LogP contribution in [0.1, 0.15) is 19.8 Å². The second-order valence-electron chi connectivity index (χ2n) is 4.56. The standard InChI is InChI=1S/C13H17F2NS/c1-8-12(16-2)5-6-13(8)17-9-3-4-10(14)11(15)7-9/h3-4,7-8,12-13,16H,5-6H2,1-2H3. The van der Waals surface area contributed by atoms with Crippen LogP contribution in [0.2, 0.25) is 0 Å². The second-order valence-corrected chi connectivity index (χ2v) is 5.88. The van der Waals surface area contributed by atoms with Crippen LogP contribution in [0, 0.1) is 17.6 Å². The molecule has 1 aliphatic rings. The molecule has 3 unspecified atom stereocenters. The quantitative estimate of drug-likeness (QED) is 0.890. The number of hydrogen-bond donors (Lipinski definition) is 1. The van der Waals surface area contributed by atoms with Crippen molar-refractivity contribution in [1.29, 1.82) is 0 Å². The lowest BCUT2D eigenvalue weighted by atomic mass is 10.1. The van der Waals surface area contributed by atoms with Crippen LogP contribution in [0.15, 0.2) is 23.1 Å². The molecule has 0 spiro atoms. The molecule has 1 nitrogen and oxygen atoms in total. The summed E-state index contributed by atoms with van der Waals surface area (Å²) in [4.78, 5) is 0.817. The summed E-state index contributed by atoms with van der Waals surface area (Å²) in [5, 5.41) is 3.79. The van der Waals surface area contributed by atoms with Crippen LogP contribution < -0.4 is 5.32 Å². The van der Waals surface area contributed by atoms with E-state index in [0.717, 1.165) is 17.7 Å². The van der Waals surface area contributed by atoms with E-state index >= 15 is 0 Å². The Labute approximate surface area is 105 Å². The van der Waals surface area contributed by atoms with Gasteiger partial charge in [0.25, 0.3) is 0 Å². The molecule has 94 valence electrons. The van der Waals surface area contributed by atoms with Crippen molar-refractivity contribution in [2.24, 2.45) is 5.92 Å². The summed E-state index contributed by atoms with van der Waals surface area (Å²) in [6.07, 6.45) is 2.27. The van der Waals surface area contributed by atoms with Crippen LogP contribution in [0.4, 0.5) is 8.78 Å². The monoisotopic (exact) mass is 257 g/mol. The zero-order valence-corrected chi connectivity index (χ0v) is 10.9. The third kappa shape index (κ3) is 2.80. The molecule has 2 rings (SSSR count). The van der Waals surface area contributed by atoms with Gasteiger partial charge in [-0.1, -0.05) is 6.92 Å². The van der Waals surface area contributed by atoms with Gasteiger partial charge in [-0.2, -0.15) is 0 Å². The van der Waals surface area contributed by atoms with E-state index in [1.165, 1.54) is 12.1 Å². The average molecular weight is 257 g/mol. The van der Waals surface area contributed by atoms with Gasteiger partial charge in [-0.05, 0) is 44.0 Å². The average Bonchev–Trinajstić information content (AvgIpc) is 2.65. The minimum Gasteiger partial charge on any atom is -0.317 e. The first-order valence-corrected chi connectivity index (χ1v) is 6.78. The minimum absolute atomic E-state index is 0.484. The van der Waals surface area contributed by atoms with Gasteiger partial charge in [0.1, 0.15) is 0 Å². The maximum Gasteiger partial charge on any atom is 0.159 e. The van der Waals surface area contributed by atoms with E-state index in [9.17, 15) is 8.78 Å². The highest BCUT2D eigenvalue weighted by atomic mass is 32.2. The largest absolute Gasteiger partial charge is 0.317 e. The number of nitrogens with one attached hydrogen (secondary N) is 1. The molecule has 1 saturated carbocycles. The Balaban J connectivity index is 2.04. The van der Waals surface area contributed by atoms with Crippen molar-refractivity contribution in [3.8, 4) is 0 Å². The summed E-state index contributed by atoms with van der Waals surface area (Å²) in [6.45, 7) is 2.21. The third-order valence-corrected chi connectivity index (χ3v) is 5.03. The van der Waals surface area contributed by atoms with Gasteiger partial charge in [-0.25, -0.2) is 8.78 Å². The van der Waals surface area contributed by atoms with Crippen LogP contribution in [-0.4, -0.2) is 18.3 Å². The van der Waals surface area contributed by atoms with Gasteiger partial charge >= 0.3 is 0 Å². The fraction of sp³-hybridized carbons (Fsp3) is 0.538. The minimum atomic E-state index is -0.776. The van der Waals surface area contributed by atoms with Crippen LogP contribution in [0.5, 0.6) is 0 Å². The molecule has 0 aromatic heterocycles. The molecule has 4 heteroatoms. The van der Waals surface area contributed by atoms with Crippen molar-refractivity contribution >= 4 is 11.8 Å². The zero-order valence-electron chi connectivity index (χ0n) is 10.0. The molecule has 1 fully saturated rings. The SMILES string of the molecule is CNC1CCC(Sc2ccc(F)c(F)c2)C1C. The number of benzene rings is 1. The summed E-state index contributed by atoms with van der Waals surface area (Å²) >= 11 is 1.65. The smallest absolute Gasteiger partial charge is 0.159 e. The molecule has 17 heavy (non-hydrogen) atoms. The maximum atomic E-state index is 13.1. The summed E-state index contributed by atoms with van der Waals surface area (Å²) < 4.78 is 25.9. The van der Waals surface area contributed by atoms with Crippen molar-refractivity contribution in [1.82, 2.24) is 5.32 Å². The summed E-state index contributed by atoms with van der Waals surface area (Å²) in [5.74, 6) is -0.981. The zero-order chi connectivity index (χ0) is 12.4. The van der Waals surface area contributed by atoms with Crippen molar-refractivity contribution < 1.29 is 8.78 Å². The molecular weight excluding hydrogens is 240 g/mol. The lowest BCUT2D eigenvalue weighted by Crippen LogP contribution is -2.29. The number of rotatable bonds is 3. The van der Waals surface area contributed by atoms with Crippen molar-refractivity contribution in [3.05, 3.63) is 29.8 Å². The van der Waals surface area contributed by atoms with E-state index in [4.69, 9.17) is 0 Å². The third-order valence-electron chi connectivity index (χ3n) is 3.53. The van der Waals surface area contributed by atoms with Gasteiger partial charge in [0, 0.05) is 16.2 Å². The molecule has 1 N–H and O–H groups in total. The molecule has 3 atom stereocenters. The van der Waals surface area contributed by atoms with Crippen LogP contribution in [-0.2, 0) is 0 Å². The molecule has 0 aliphatic heterocycles. The van der Waals surface area contributed by atoms with Crippen LogP contribution in [0.25, 0.3) is 0 Å². The lowest BCUT2D eigenvalue weighted by molar-refractivity contribution is 0.464. The fourth-order valence-electron chi connectivity index (χ4n) is 2.43. The van der Waals surface area contributed by atoms with Gasteiger partial charge < -0.3 is 5.32 Å². The normalized spacial score (nSPS) is 28.6. The number of hydrogen-bond acceptors (Lipinski definition) is 2. The van der Waals surface area contributed by atoms with Crippen LogP contribution >= 0.6 is 11.8 Å². The Bertz CT molecular complexity index is 397. The Hall–Kier alpha value is -0.610. The first-order chi connectivity index (χ1) is 8.11. The molecule has 0 radical (unpaired) electrons. The van der Waals surface area contributed by atoms with Crippen molar-refractivity contribution in [2.75, 3.05) is 7.05 Å². The lowest BCUT2D eigenvalue weighted by Gasteiger charge is -2.19. The Morgan fingerprint density at radius 3 is 2.59 bits per heavy atom. The summed E-state index contributed by atoms with van der Waals surface area (Å²) in [6, 6.07) is 4.69. The van der Waals surface area contributed by atoms with Gasteiger partial charge in [0.2, 0.25) is 0 Å². The van der Waals surface area contributed by atoms with Crippen LogP contribution in [0.3, 0.4) is 0 Å². The maximum absolute atomic E-state index is 13.1. The van der Waals surface area contributed by atoms with Crippen molar-refractivity contribution in [3.63, 3.8) is 0 Å². The first-order valence-electron chi connectivity index (χ1n) is 5.91. The predicted octanol–water partition coefficient (Wildman–Crippen LogP) is 3.44. The highest BCUT2D eigenvalue weighted by Crippen LogP contribution is 2.39. The summed E-state index contributed by atoms with van der Waals surface area (Å²) in [7, 11) is 1.98. The molecule has 0 saturated heterocycles. The van der Waals surface area contributed by atoms with E-state index in [1.54, 1.807) is 17.8 Å².